The van der Waals surface area contributed by atoms with E-state index in [0.717, 1.165) is 38.0 Å². The molecule has 156 valence electrons. The van der Waals surface area contributed by atoms with Gasteiger partial charge in [0.1, 0.15) is 0 Å². The van der Waals surface area contributed by atoms with Gasteiger partial charge in [-0.15, -0.1) is 24.0 Å². The van der Waals surface area contributed by atoms with Crippen molar-refractivity contribution in [1.29, 1.82) is 0 Å². The molecule has 0 amide bonds. The number of ether oxygens (including phenoxy) is 2. The van der Waals surface area contributed by atoms with E-state index in [1.54, 1.807) is 7.11 Å². The first-order valence-corrected chi connectivity index (χ1v) is 9.83. The van der Waals surface area contributed by atoms with E-state index in [9.17, 15) is 0 Å². The molecule has 0 spiro atoms. The number of aliphatic imine (C=N–C) groups is 1. The number of rotatable bonds is 11. The Kier molecular flexibility index (Phi) is 15.8. The molecule has 1 heterocycles. The lowest BCUT2D eigenvalue weighted by molar-refractivity contribution is 0.0698. The fourth-order valence-electron chi connectivity index (χ4n) is 3.19. The molecule has 6 nitrogen and oxygen atoms in total. The van der Waals surface area contributed by atoms with Crippen molar-refractivity contribution in [3.8, 4) is 0 Å². The van der Waals surface area contributed by atoms with Gasteiger partial charge < -0.3 is 20.1 Å². The van der Waals surface area contributed by atoms with Crippen LogP contribution in [-0.2, 0) is 9.47 Å². The minimum absolute atomic E-state index is 0. The van der Waals surface area contributed by atoms with E-state index in [1.807, 2.05) is 7.05 Å². The van der Waals surface area contributed by atoms with Crippen LogP contribution in [0.5, 0.6) is 0 Å². The summed E-state index contributed by atoms with van der Waals surface area (Å²) in [5.41, 5.74) is 0. The van der Waals surface area contributed by atoms with Crippen LogP contribution in [0.2, 0.25) is 0 Å². The topological polar surface area (TPSA) is 58.1 Å². The number of methoxy groups -OCH3 is 1. The van der Waals surface area contributed by atoms with Crippen molar-refractivity contribution in [2.24, 2.45) is 16.8 Å². The molecule has 0 aromatic carbocycles. The summed E-state index contributed by atoms with van der Waals surface area (Å²) in [5.74, 6) is 2.39. The number of nitrogens with one attached hydrogen (secondary N) is 2. The lowest BCUT2D eigenvalue weighted by Gasteiger charge is -2.39. The number of guanidine groups is 1. The summed E-state index contributed by atoms with van der Waals surface area (Å²) in [6.45, 7) is 13.3. The highest BCUT2D eigenvalue weighted by atomic mass is 127. The van der Waals surface area contributed by atoms with Gasteiger partial charge in [-0.2, -0.15) is 0 Å². The highest BCUT2D eigenvalue weighted by Gasteiger charge is 2.25. The van der Waals surface area contributed by atoms with E-state index in [-0.39, 0.29) is 24.0 Å². The lowest BCUT2D eigenvalue weighted by atomic mass is 9.94. The van der Waals surface area contributed by atoms with Crippen molar-refractivity contribution in [2.75, 3.05) is 60.2 Å². The molecule has 1 saturated heterocycles. The largest absolute Gasteiger partial charge is 0.382 e. The molecule has 0 aromatic rings. The van der Waals surface area contributed by atoms with Crippen molar-refractivity contribution < 1.29 is 9.47 Å². The standard InChI is InChI=1S/C19H40N4O2.HI/c1-16(2)18(23-10-7-17(3)8-11-23)15-22-19(20-4)21-9-6-12-25-14-13-24-5;/h16-18H,6-15H2,1-5H3,(H2,20,21,22);1H. The van der Waals surface area contributed by atoms with Crippen molar-refractivity contribution in [3.63, 3.8) is 0 Å². The van der Waals surface area contributed by atoms with E-state index in [1.165, 1.54) is 25.9 Å². The fraction of sp³-hybridized carbons (Fsp3) is 0.947. The molecule has 1 rings (SSSR count). The second kappa shape index (κ2) is 15.9. The fourth-order valence-corrected chi connectivity index (χ4v) is 3.19. The zero-order valence-corrected chi connectivity index (χ0v) is 19.8. The average Bonchev–Trinajstić information content (AvgIpc) is 2.60. The van der Waals surface area contributed by atoms with Crippen molar-refractivity contribution in [2.45, 2.75) is 46.1 Å². The third-order valence-corrected chi connectivity index (χ3v) is 4.95. The number of piperidine rings is 1. The van der Waals surface area contributed by atoms with Crippen LogP contribution < -0.4 is 10.6 Å². The van der Waals surface area contributed by atoms with Gasteiger partial charge in [0.05, 0.1) is 13.2 Å². The first kappa shape index (κ1) is 25.9. The normalized spacial score (nSPS) is 17.8. The van der Waals surface area contributed by atoms with E-state index < -0.39 is 0 Å². The number of halogens is 1. The molecule has 1 fully saturated rings. The zero-order valence-electron chi connectivity index (χ0n) is 17.4. The Hall–Kier alpha value is -0.120. The molecule has 2 N–H and O–H groups in total. The summed E-state index contributed by atoms with van der Waals surface area (Å²) < 4.78 is 10.4. The van der Waals surface area contributed by atoms with Crippen LogP contribution in [0, 0.1) is 11.8 Å². The summed E-state index contributed by atoms with van der Waals surface area (Å²) in [7, 11) is 3.52. The van der Waals surface area contributed by atoms with Crippen LogP contribution in [0.4, 0.5) is 0 Å². The van der Waals surface area contributed by atoms with Crippen molar-refractivity contribution in [1.82, 2.24) is 15.5 Å². The van der Waals surface area contributed by atoms with Crippen molar-refractivity contribution >= 4 is 29.9 Å². The molecular weight excluding hydrogens is 443 g/mol. The molecule has 7 heteroatoms. The summed E-state index contributed by atoms with van der Waals surface area (Å²) in [5, 5.41) is 6.88. The smallest absolute Gasteiger partial charge is 0.191 e. The van der Waals surface area contributed by atoms with Gasteiger partial charge in [0.25, 0.3) is 0 Å². The second-order valence-electron chi connectivity index (χ2n) is 7.37. The van der Waals surface area contributed by atoms with Crippen LogP contribution in [0.1, 0.15) is 40.0 Å². The minimum atomic E-state index is 0. The third kappa shape index (κ3) is 10.9. The Labute approximate surface area is 177 Å². The second-order valence-corrected chi connectivity index (χ2v) is 7.37. The Morgan fingerprint density at radius 3 is 2.42 bits per heavy atom. The highest BCUT2D eigenvalue weighted by molar-refractivity contribution is 14.0. The summed E-state index contributed by atoms with van der Waals surface area (Å²) in [6.07, 6.45) is 3.60. The van der Waals surface area contributed by atoms with Gasteiger partial charge in [-0.05, 0) is 44.2 Å². The molecule has 0 bridgehead atoms. The molecule has 1 atom stereocenters. The average molecular weight is 484 g/mol. The number of nitrogens with zero attached hydrogens (tertiary/aromatic N) is 2. The molecule has 0 aliphatic carbocycles. The van der Waals surface area contributed by atoms with Crippen molar-refractivity contribution in [3.05, 3.63) is 0 Å². The molecule has 1 unspecified atom stereocenters. The maximum atomic E-state index is 5.48. The summed E-state index contributed by atoms with van der Waals surface area (Å²) in [6, 6.07) is 0.559. The Morgan fingerprint density at radius 1 is 1.15 bits per heavy atom. The van der Waals surface area contributed by atoms with Gasteiger partial charge >= 0.3 is 0 Å². The molecule has 0 aromatic heterocycles. The van der Waals surface area contributed by atoms with E-state index in [4.69, 9.17) is 9.47 Å². The van der Waals surface area contributed by atoms with Crippen LogP contribution >= 0.6 is 24.0 Å². The Morgan fingerprint density at radius 2 is 1.85 bits per heavy atom. The quantitative estimate of drug-likeness (QED) is 0.204. The summed E-state index contributed by atoms with van der Waals surface area (Å²) in [4.78, 5) is 6.99. The van der Waals surface area contributed by atoms with E-state index in [0.29, 0.717) is 25.2 Å². The first-order chi connectivity index (χ1) is 12.1. The van der Waals surface area contributed by atoms with Gasteiger partial charge in [-0.25, -0.2) is 0 Å². The lowest BCUT2D eigenvalue weighted by Crippen LogP contribution is -2.51. The maximum absolute atomic E-state index is 5.48. The molecule has 0 radical (unpaired) electrons. The number of likely N-dealkylation sites (tertiary alicyclic amines) is 1. The third-order valence-electron chi connectivity index (χ3n) is 4.95. The highest BCUT2D eigenvalue weighted by Crippen LogP contribution is 2.20. The monoisotopic (exact) mass is 484 g/mol. The van der Waals surface area contributed by atoms with Gasteiger partial charge in [-0.3, -0.25) is 9.89 Å². The predicted octanol–water partition coefficient (Wildman–Crippen LogP) is 2.58. The molecule has 1 aliphatic heterocycles. The number of hydrogen-bond donors (Lipinski definition) is 2. The summed E-state index contributed by atoms with van der Waals surface area (Å²) >= 11 is 0. The van der Waals surface area contributed by atoms with E-state index in [2.05, 4.69) is 41.3 Å². The number of hydrogen-bond acceptors (Lipinski definition) is 4. The van der Waals surface area contributed by atoms with Gasteiger partial charge in [0.15, 0.2) is 5.96 Å². The molecular formula is C19H41IN4O2. The maximum Gasteiger partial charge on any atom is 0.191 e. The Bertz CT molecular complexity index is 361. The minimum Gasteiger partial charge on any atom is -0.382 e. The van der Waals surface area contributed by atoms with Gasteiger partial charge in [0, 0.05) is 39.9 Å². The van der Waals surface area contributed by atoms with E-state index >= 15 is 0 Å². The predicted molar refractivity (Wildman–Crippen MR) is 121 cm³/mol. The molecule has 0 saturated carbocycles. The molecule has 26 heavy (non-hydrogen) atoms. The van der Waals surface area contributed by atoms with Crippen LogP contribution in [0.15, 0.2) is 4.99 Å². The molecule has 1 aliphatic rings. The SMILES string of the molecule is CN=C(NCCCOCCOC)NCC(C(C)C)N1CCC(C)CC1.I. The van der Waals surface area contributed by atoms with Gasteiger partial charge in [-0.1, -0.05) is 20.8 Å². The first-order valence-electron chi connectivity index (χ1n) is 9.83. The zero-order chi connectivity index (χ0) is 18.5. The van der Waals surface area contributed by atoms with Crippen LogP contribution in [-0.4, -0.2) is 77.1 Å². The van der Waals surface area contributed by atoms with Crippen LogP contribution in [0.3, 0.4) is 0 Å². The van der Waals surface area contributed by atoms with Gasteiger partial charge in [0.2, 0.25) is 0 Å². The van der Waals surface area contributed by atoms with Crippen LogP contribution in [0.25, 0.3) is 0 Å². The Balaban J connectivity index is 0.00000625.